The van der Waals surface area contributed by atoms with Gasteiger partial charge in [-0.1, -0.05) is 37.3 Å². The quantitative estimate of drug-likeness (QED) is 0.930. The second-order valence-corrected chi connectivity index (χ2v) is 5.68. The van der Waals surface area contributed by atoms with Crippen LogP contribution in [0.3, 0.4) is 0 Å². The predicted octanol–water partition coefficient (Wildman–Crippen LogP) is 2.75. The maximum atomic E-state index is 12.2. The van der Waals surface area contributed by atoms with Crippen LogP contribution in [0.4, 0.5) is 4.79 Å². The van der Waals surface area contributed by atoms with E-state index in [1.54, 1.807) is 0 Å². The molecule has 0 aliphatic carbocycles. The van der Waals surface area contributed by atoms with E-state index in [0.717, 1.165) is 5.56 Å². The van der Waals surface area contributed by atoms with Crippen LogP contribution in [0.5, 0.6) is 0 Å². The van der Waals surface area contributed by atoms with Crippen molar-refractivity contribution in [2.24, 2.45) is 11.8 Å². The van der Waals surface area contributed by atoms with Crippen molar-refractivity contribution in [1.82, 2.24) is 4.90 Å². The number of likely N-dealkylation sites (tertiary alicyclic amines) is 1. The Balaban J connectivity index is 1.97. The SMILES string of the molecule is C[C@H]1C[C@@H](C(=O)O)CN(C(=O)OCc2ccccc2)[C@H]1C. The highest BCUT2D eigenvalue weighted by Crippen LogP contribution is 2.28. The molecule has 2 rings (SSSR count). The summed E-state index contributed by atoms with van der Waals surface area (Å²) in [7, 11) is 0. The number of carbonyl (C=O) groups excluding carboxylic acids is 1. The summed E-state index contributed by atoms with van der Waals surface area (Å²) in [5.41, 5.74) is 0.915. The van der Waals surface area contributed by atoms with Crippen molar-refractivity contribution < 1.29 is 19.4 Å². The zero-order valence-electron chi connectivity index (χ0n) is 12.4. The monoisotopic (exact) mass is 291 g/mol. The summed E-state index contributed by atoms with van der Waals surface area (Å²) in [5.74, 6) is -1.22. The predicted molar refractivity (Wildman–Crippen MR) is 77.7 cm³/mol. The van der Waals surface area contributed by atoms with Crippen LogP contribution in [-0.4, -0.2) is 34.7 Å². The van der Waals surface area contributed by atoms with E-state index in [0.29, 0.717) is 6.42 Å². The van der Waals surface area contributed by atoms with Crippen LogP contribution in [0.1, 0.15) is 25.8 Å². The Bertz CT molecular complexity index is 502. The molecule has 5 nitrogen and oxygen atoms in total. The van der Waals surface area contributed by atoms with Crippen molar-refractivity contribution >= 4 is 12.1 Å². The molecule has 1 aliphatic rings. The zero-order valence-corrected chi connectivity index (χ0v) is 12.4. The number of aliphatic carboxylic acids is 1. The van der Waals surface area contributed by atoms with Gasteiger partial charge in [0.2, 0.25) is 0 Å². The summed E-state index contributed by atoms with van der Waals surface area (Å²) in [5, 5.41) is 9.17. The van der Waals surface area contributed by atoms with Gasteiger partial charge in [-0.05, 0) is 24.8 Å². The standard InChI is InChI=1S/C16H21NO4/c1-11-8-14(15(18)19)9-17(12(11)2)16(20)21-10-13-6-4-3-5-7-13/h3-7,11-12,14H,8-10H2,1-2H3,(H,18,19)/t11-,12-,14+/m0/s1. The molecule has 1 aromatic rings. The number of carboxylic acids is 1. The molecule has 1 aliphatic heterocycles. The van der Waals surface area contributed by atoms with Crippen molar-refractivity contribution in [3.8, 4) is 0 Å². The van der Waals surface area contributed by atoms with Gasteiger partial charge in [-0.2, -0.15) is 0 Å². The lowest BCUT2D eigenvalue weighted by Gasteiger charge is -2.39. The number of benzene rings is 1. The van der Waals surface area contributed by atoms with E-state index >= 15 is 0 Å². The smallest absolute Gasteiger partial charge is 0.410 e. The normalized spacial score (nSPS) is 25.4. The van der Waals surface area contributed by atoms with Gasteiger partial charge in [-0.3, -0.25) is 4.79 Å². The molecule has 1 amide bonds. The first-order chi connectivity index (χ1) is 9.99. The number of rotatable bonds is 3. The molecule has 21 heavy (non-hydrogen) atoms. The molecular formula is C16H21NO4. The number of nitrogens with zero attached hydrogens (tertiary/aromatic N) is 1. The molecule has 1 saturated heterocycles. The van der Waals surface area contributed by atoms with E-state index in [9.17, 15) is 14.7 Å². The summed E-state index contributed by atoms with van der Waals surface area (Å²) >= 11 is 0. The molecule has 1 fully saturated rings. The van der Waals surface area contributed by atoms with Crippen LogP contribution in [0.25, 0.3) is 0 Å². The molecule has 0 saturated carbocycles. The molecule has 0 unspecified atom stereocenters. The van der Waals surface area contributed by atoms with Gasteiger partial charge in [0.25, 0.3) is 0 Å². The Morgan fingerprint density at radius 2 is 1.95 bits per heavy atom. The maximum absolute atomic E-state index is 12.2. The minimum Gasteiger partial charge on any atom is -0.481 e. The van der Waals surface area contributed by atoms with Crippen molar-refractivity contribution in [2.45, 2.75) is 32.9 Å². The fourth-order valence-electron chi connectivity index (χ4n) is 2.65. The zero-order chi connectivity index (χ0) is 15.4. The number of carbonyl (C=O) groups is 2. The van der Waals surface area contributed by atoms with E-state index in [-0.39, 0.29) is 25.1 Å². The van der Waals surface area contributed by atoms with Gasteiger partial charge in [0, 0.05) is 12.6 Å². The summed E-state index contributed by atoms with van der Waals surface area (Å²) < 4.78 is 5.31. The van der Waals surface area contributed by atoms with Gasteiger partial charge in [0.05, 0.1) is 5.92 Å². The Morgan fingerprint density at radius 1 is 1.29 bits per heavy atom. The Hall–Kier alpha value is -2.04. The number of piperidine rings is 1. The third-order valence-corrected chi connectivity index (χ3v) is 4.18. The fourth-order valence-corrected chi connectivity index (χ4v) is 2.65. The maximum Gasteiger partial charge on any atom is 0.410 e. The summed E-state index contributed by atoms with van der Waals surface area (Å²) in [6, 6.07) is 9.43. The minimum atomic E-state index is -0.852. The largest absolute Gasteiger partial charge is 0.481 e. The Morgan fingerprint density at radius 3 is 2.57 bits per heavy atom. The number of ether oxygens (including phenoxy) is 1. The van der Waals surface area contributed by atoms with Crippen molar-refractivity contribution in [1.29, 1.82) is 0 Å². The van der Waals surface area contributed by atoms with Gasteiger partial charge in [0.1, 0.15) is 6.61 Å². The van der Waals surface area contributed by atoms with Gasteiger partial charge < -0.3 is 14.7 Å². The number of carboxylic acid groups (broad SMARTS) is 1. The van der Waals surface area contributed by atoms with E-state index in [1.165, 1.54) is 4.90 Å². The minimum absolute atomic E-state index is 0.0103. The molecular weight excluding hydrogens is 270 g/mol. The molecule has 1 N–H and O–H groups in total. The first-order valence-electron chi connectivity index (χ1n) is 7.19. The average molecular weight is 291 g/mol. The van der Waals surface area contributed by atoms with Crippen LogP contribution in [0.2, 0.25) is 0 Å². The van der Waals surface area contributed by atoms with Crippen molar-refractivity contribution in [2.75, 3.05) is 6.54 Å². The summed E-state index contributed by atoms with van der Waals surface area (Å²) in [6.45, 7) is 4.33. The third-order valence-electron chi connectivity index (χ3n) is 4.18. The van der Waals surface area contributed by atoms with Crippen LogP contribution in [-0.2, 0) is 16.1 Å². The lowest BCUT2D eigenvalue weighted by atomic mass is 9.85. The first-order valence-corrected chi connectivity index (χ1v) is 7.19. The lowest BCUT2D eigenvalue weighted by Crippen LogP contribution is -2.51. The highest BCUT2D eigenvalue weighted by atomic mass is 16.6. The first kappa shape index (κ1) is 15.4. The van der Waals surface area contributed by atoms with Gasteiger partial charge >= 0.3 is 12.1 Å². The van der Waals surface area contributed by atoms with Crippen molar-refractivity contribution in [3.63, 3.8) is 0 Å². The Labute approximate surface area is 124 Å². The molecule has 0 radical (unpaired) electrons. The van der Waals surface area contributed by atoms with Gasteiger partial charge in [-0.25, -0.2) is 4.79 Å². The Kier molecular flexibility index (Phi) is 4.83. The lowest BCUT2D eigenvalue weighted by molar-refractivity contribution is -0.144. The second kappa shape index (κ2) is 6.61. The fraction of sp³-hybridized carbons (Fsp3) is 0.500. The molecule has 1 heterocycles. The molecule has 5 heteroatoms. The summed E-state index contributed by atoms with van der Waals surface area (Å²) in [6.07, 6.45) is 0.156. The topological polar surface area (TPSA) is 66.8 Å². The van der Waals surface area contributed by atoms with Crippen LogP contribution >= 0.6 is 0 Å². The van der Waals surface area contributed by atoms with E-state index in [1.807, 2.05) is 44.2 Å². The molecule has 0 spiro atoms. The highest BCUT2D eigenvalue weighted by Gasteiger charge is 2.37. The molecule has 0 aromatic heterocycles. The summed E-state index contributed by atoms with van der Waals surface area (Å²) in [4.78, 5) is 24.9. The number of hydrogen-bond acceptors (Lipinski definition) is 3. The third kappa shape index (κ3) is 3.74. The van der Waals surface area contributed by atoms with E-state index in [2.05, 4.69) is 0 Å². The van der Waals surface area contributed by atoms with Gasteiger partial charge in [0.15, 0.2) is 0 Å². The molecule has 1 aromatic carbocycles. The van der Waals surface area contributed by atoms with Crippen LogP contribution in [0, 0.1) is 11.8 Å². The molecule has 3 atom stereocenters. The van der Waals surface area contributed by atoms with Crippen molar-refractivity contribution in [3.05, 3.63) is 35.9 Å². The van der Waals surface area contributed by atoms with E-state index < -0.39 is 18.0 Å². The van der Waals surface area contributed by atoms with Crippen LogP contribution < -0.4 is 0 Å². The molecule has 0 bridgehead atoms. The van der Waals surface area contributed by atoms with Crippen LogP contribution in [0.15, 0.2) is 30.3 Å². The van der Waals surface area contributed by atoms with Gasteiger partial charge in [-0.15, -0.1) is 0 Å². The molecule has 114 valence electrons. The van der Waals surface area contributed by atoms with E-state index in [4.69, 9.17) is 4.74 Å². The average Bonchev–Trinajstić information content (AvgIpc) is 2.48. The number of hydrogen-bond donors (Lipinski definition) is 1. The second-order valence-electron chi connectivity index (χ2n) is 5.68. The highest BCUT2D eigenvalue weighted by molar-refractivity contribution is 5.73. The number of amides is 1.